The number of aryl methyl sites for hydroxylation is 1. The van der Waals surface area contributed by atoms with E-state index in [1.807, 2.05) is 25.1 Å². The largest absolute Gasteiger partial charge is 0.476 e. The summed E-state index contributed by atoms with van der Waals surface area (Å²) < 4.78 is 10.8. The zero-order valence-corrected chi connectivity index (χ0v) is 12.8. The summed E-state index contributed by atoms with van der Waals surface area (Å²) in [5, 5.41) is 0.683. The van der Waals surface area contributed by atoms with Gasteiger partial charge >= 0.3 is 5.97 Å². The molecule has 100 valence electrons. The molecule has 0 fully saturated rings. The number of alkyl halides is 1. The highest BCUT2D eigenvalue weighted by Gasteiger charge is 2.32. The fourth-order valence-electron chi connectivity index (χ4n) is 1.53. The smallest absolute Gasteiger partial charge is 0.349 e. The van der Waals surface area contributed by atoms with Crippen LogP contribution >= 0.6 is 15.9 Å². The van der Waals surface area contributed by atoms with Crippen molar-refractivity contribution in [2.75, 3.05) is 6.61 Å². The molecule has 0 aliphatic rings. The molecular weight excluding hydrogens is 296 g/mol. The number of hydrogen-bond acceptors (Lipinski definition) is 3. The van der Waals surface area contributed by atoms with Crippen molar-refractivity contribution in [2.45, 2.75) is 38.6 Å². The van der Waals surface area contributed by atoms with Crippen molar-refractivity contribution in [3.05, 3.63) is 29.3 Å². The maximum absolute atomic E-state index is 11.8. The van der Waals surface area contributed by atoms with Crippen LogP contribution in [0.1, 0.15) is 31.9 Å². The van der Waals surface area contributed by atoms with E-state index in [4.69, 9.17) is 9.47 Å². The summed E-state index contributed by atoms with van der Waals surface area (Å²) in [5.41, 5.74) is 1.19. The lowest BCUT2D eigenvalue weighted by atomic mass is 10.1. The van der Waals surface area contributed by atoms with Gasteiger partial charge in [-0.1, -0.05) is 33.6 Å². The van der Waals surface area contributed by atoms with Crippen LogP contribution in [-0.4, -0.2) is 18.2 Å². The van der Waals surface area contributed by atoms with Crippen molar-refractivity contribution >= 4 is 21.9 Å². The van der Waals surface area contributed by atoms with E-state index in [1.54, 1.807) is 20.8 Å². The molecule has 3 nitrogen and oxygen atoms in total. The molecule has 1 rings (SSSR count). The minimum absolute atomic E-state index is 0.352. The van der Waals surface area contributed by atoms with Crippen LogP contribution < -0.4 is 4.74 Å². The Morgan fingerprint density at radius 2 is 2.06 bits per heavy atom. The van der Waals surface area contributed by atoms with Crippen molar-refractivity contribution in [1.29, 1.82) is 0 Å². The Balaban J connectivity index is 2.93. The molecule has 0 unspecified atom stereocenters. The molecule has 0 aromatic heterocycles. The maximum atomic E-state index is 11.8. The summed E-state index contributed by atoms with van der Waals surface area (Å²) in [6.07, 6.45) is 0. The normalized spacial score (nSPS) is 11.2. The predicted molar refractivity (Wildman–Crippen MR) is 75.2 cm³/mol. The van der Waals surface area contributed by atoms with Crippen LogP contribution in [0, 0.1) is 6.92 Å². The number of benzene rings is 1. The number of hydrogen-bond donors (Lipinski definition) is 0. The van der Waals surface area contributed by atoms with Crippen LogP contribution in [0.15, 0.2) is 18.2 Å². The van der Waals surface area contributed by atoms with Gasteiger partial charge in [-0.15, -0.1) is 0 Å². The van der Waals surface area contributed by atoms with Gasteiger partial charge in [0.25, 0.3) is 0 Å². The first-order valence-corrected chi connectivity index (χ1v) is 7.04. The van der Waals surface area contributed by atoms with Crippen LogP contribution in [0.25, 0.3) is 0 Å². The number of esters is 1. The Labute approximate surface area is 117 Å². The Hall–Kier alpha value is -1.03. The summed E-state index contributed by atoms with van der Waals surface area (Å²) in [6.45, 7) is 7.58. The van der Waals surface area contributed by atoms with Gasteiger partial charge in [0.15, 0.2) is 5.60 Å². The highest BCUT2D eigenvalue weighted by atomic mass is 79.9. The van der Waals surface area contributed by atoms with E-state index in [2.05, 4.69) is 15.9 Å². The number of halogens is 1. The summed E-state index contributed by atoms with van der Waals surface area (Å²) in [6, 6.07) is 5.88. The first-order valence-electron chi connectivity index (χ1n) is 5.92. The van der Waals surface area contributed by atoms with Crippen molar-refractivity contribution in [2.24, 2.45) is 0 Å². The van der Waals surface area contributed by atoms with E-state index >= 15 is 0 Å². The molecule has 1 aromatic carbocycles. The van der Waals surface area contributed by atoms with E-state index in [-0.39, 0.29) is 5.97 Å². The lowest BCUT2D eigenvalue weighted by molar-refractivity contribution is -0.158. The SMILES string of the molecule is CCOC(=O)C(C)(C)Oc1ccc(C)cc1CBr. The van der Waals surface area contributed by atoms with Crippen LogP contribution in [0.2, 0.25) is 0 Å². The Morgan fingerprint density at radius 1 is 1.39 bits per heavy atom. The van der Waals surface area contributed by atoms with Crippen LogP contribution in [0.5, 0.6) is 5.75 Å². The molecule has 0 saturated carbocycles. The van der Waals surface area contributed by atoms with Crippen molar-refractivity contribution in [1.82, 2.24) is 0 Å². The third kappa shape index (κ3) is 3.73. The average Bonchev–Trinajstić information content (AvgIpc) is 2.31. The number of ether oxygens (including phenoxy) is 2. The van der Waals surface area contributed by atoms with Crippen molar-refractivity contribution < 1.29 is 14.3 Å². The van der Waals surface area contributed by atoms with Crippen LogP contribution in [0.3, 0.4) is 0 Å². The van der Waals surface area contributed by atoms with E-state index in [9.17, 15) is 4.79 Å². The van der Waals surface area contributed by atoms with Crippen LogP contribution in [0.4, 0.5) is 0 Å². The van der Waals surface area contributed by atoms with Crippen molar-refractivity contribution in [3.8, 4) is 5.75 Å². The third-order valence-corrected chi connectivity index (χ3v) is 3.10. The Morgan fingerprint density at radius 3 is 2.61 bits per heavy atom. The summed E-state index contributed by atoms with van der Waals surface area (Å²) in [7, 11) is 0. The molecule has 18 heavy (non-hydrogen) atoms. The second-order valence-electron chi connectivity index (χ2n) is 4.58. The molecule has 0 heterocycles. The Kier molecular flexibility index (Phi) is 5.20. The minimum atomic E-state index is -0.984. The van der Waals surface area contributed by atoms with Gasteiger partial charge in [0, 0.05) is 10.9 Å². The van der Waals surface area contributed by atoms with Gasteiger partial charge in [-0.25, -0.2) is 4.79 Å². The van der Waals surface area contributed by atoms with E-state index in [1.165, 1.54) is 0 Å². The third-order valence-electron chi connectivity index (χ3n) is 2.49. The summed E-state index contributed by atoms with van der Waals surface area (Å²) in [5.74, 6) is 0.349. The molecular formula is C14H19BrO3. The second-order valence-corrected chi connectivity index (χ2v) is 5.14. The predicted octanol–water partition coefficient (Wildman–Crippen LogP) is 3.61. The van der Waals surface area contributed by atoms with Gasteiger partial charge in [-0.3, -0.25) is 0 Å². The van der Waals surface area contributed by atoms with Gasteiger partial charge in [0.05, 0.1) is 6.61 Å². The molecule has 0 aliphatic heterocycles. The molecule has 0 saturated heterocycles. The summed E-state index contributed by atoms with van der Waals surface area (Å²) in [4.78, 5) is 11.8. The zero-order valence-electron chi connectivity index (χ0n) is 11.2. The second kappa shape index (κ2) is 6.23. The molecule has 1 aromatic rings. The molecule has 0 radical (unpaired) electrons. The highest BCUT2D eigenvalue weighted by Crippen LogP contribution is 2.27. The standard InChI is InChI=1S/C14H19BrO3/c1-5-17-13(16)14(3,4)18-12-7-6-10(2)8-11(12)9-15/h6-8H,5,9H2,1-4H3. The maximum Gasteiger partial charge on any atom is 0.349 e. The highest BCUT2D eigenvalue weighted by molar-refractivity contribution is 9.08. The lowest BCUT2D eigenvalue weighted by Gasteiger charge is -2.25. The van der Waals surface area contributed by atoms with Gasteiger partial charge in [0.2, 0.25) is 0 Å². The molecule has 0 spiro atoms. The first kappa shape index (κ1) is 15.0. The minimum Gasteiger partial charge on any atom is -0.476 e. The van der Waals surface area contributed by atoms with E-state index < -0.39 is 5.60 Å². The monoisotopic (exact) mass is 314 g/mol. The topological polar surface area (TPSA) is 35.5 Å². The van der Waals surface area contributed by atoms with Gasteiger partial charge < -0.3 is 9.47 Å². The van der Waals surface area contributed by atoms with Gasteiger partial charge in [-0.2, -0.15) is 0 Å². The zero-order chi connectivity index (χ0) is 13.8. The number of rotatable bonds is 5. The number of carbonyl (C=O) groups is 1. The molecule has 0 aliphatic carbocycles. The number of carbonyl (C=O) groups excluding carboxylic acids is 1. The molecule has 0 bridgehead atoms. The van der Waals surface area contributed by atoms with Gasteiger partial charge in [-0.05, 0) is 33.8 Å². The van der Waals surface area contributed by atoms with E-state index in [0.717, 1.165) is 11.1 Å². The quantitative estimate of drug-likeness (QED) is 0.615. The fourth-order valence-corrected chi connectivity index (χ4v) is 1.97. The molecule has 4 heteroatoms. The molecule has 0 N–H and O–H groups in total. The fraction of sp³-hybridized carbons (Fsp3) is 0.500. The summed E-state index contributed by atoms with van der Waals surface area (Å²) >= 11 is 3.42. The van der Waals surface area contributed by atoms with Crippen molar-refractivity contribution in [3.63, 3.8) is 0 Å². The molecule has 0 amide bonds. The van der Waals surface area contributed by atoms with Crippen LogP contribution in [-0.2, 0) is 14.9 Å². The Bertz CT molecular complexity index is 427. The van der Waals surface area contributed by atoms with Gasteiger partial charge in [0.1, 0.15) is 5.75 Å². The lowest BCUT2D eigenvalue weighted by Crippen LogP contribution is -2.40. The van der Waals surface area contributed by atoms with E-state index in [0.29, 0.717) is 17.7 Å². The molecule has 0 atom stereocenters. The first-order chi connectivity index (χ1) is 8.40. The average molecular weight is 315 g/mol.